The molecule has 1 aliphatic heterocycles. The summed E-state index contributed by atoms with van der Waals surface area (Å²) >= 11 is 0. The minimum atomic E-state index is -0.152. The van der Waals surface area contributed by atoms with Crippen LogP contribution in [-0.4, -0.2) is 47.0 Å². The van der Waals surface area contributed by atoms with Crippen molar-refractivity contribution in [3.05, 3.63) is 53.6 Å². The van der Waals surface area contributed by atoms with E-state index in [1.54, 1.807) is 17.3 Å². The van der Waals surface area contributed by atoms with Gasteiger partial charge in [-0.2, -0.15) is 0 Å². The fraction of sp³-hybridized carbons (Fsp3) is 0.316. The number of hydrogen-bond donors (Lipinski definition) is 3. The maximum atomic E-state index is 12.2. The number of nitrogens with one attached hydrogen (secondary N) is 3. The summed E-state index contributed by atoms with van der Waals surface area (Å²) in [6.45, 7) is 4.85. The molecule has 3 N–H and O–H groups in total. The van der Waals surface area contributed by atoms with Crippen LogP contribution in [-0.2, 0) is 4.79 Å². The number of pyridine rings is 2. The molecule has 3 heterocycles. The zero-order valence-corrected chi connectivity index (χ0v) is 14.8. The normalized spacial score (nSPS) is 14.7. The summed E-state index contributed by atoms with van der Waals surface area (Å²) in [6, 6.07) is 5.84. The van der Waals surface area contributed by atoms with E-state index < -0.39 is 0 Å². The summed E-state index contributed by atoms with van der Waals surface area (Å²) < 4.78 is 0. The molecule has 1 amide bonds. The predicted molar refractivity (Wildman–Crippen MR) is 103 cm³/mol. The average molecular weight is 353 g/mol. The third-order valence-electron chi connectivity index (χ3n) is 4.59. The van der Waals surface area contributed by atoms with E-state index in [0.717, 1.165) is 29.8 Å². The Labute approximate surface area is 152 Å². The number of likely N-dealkylation sites (tertiary alicyclic amines) is 1. The van der Waals surface area contributed by atoms with E-state index in [4.69, 9.17) is 0 Å². The second-order valence-electron chi connectivity index (χ2n) is 6.26. The van der Waals surface area contributed by atoms with Crippen molar-refractivity contribution in [1.82, 2.24) is 14.9 Å². The van der Waals surface area contributed by atoms with Gasteiger partial charge in [0, 0.05) is 44.1 Å². The first kappa shape index (κ1) is 17.7. The van der Waals surface area contributed by atoms with Gasteiger partial charge in [-0.25, -0.2) is 4.98 Å². The molecule has 2 aromatic rings. The van der Waals surface area contributed by atoms with E-state index in [1.807, 2.05) is 25.2 Å². The number of amides is 1. The molecule has 2 aromatic heterocycles. The van der Waals surface area contributed by atoms with Gasteiger partial charge in [-0.3, -0.25) is 9.59 Å². The van der Waals surface area contributed by atoms with Crippen LogP contribution in [0.2, 0.25) is 0 Å². The number of piperidine rings is 1. The monoisotopic (exact) mass is 353 g/mol. The number of aromatic nitrogens is 2. The number of aromatic amines is 1. The first-order chi connectivity index (χ1) is 12.6. The highest BCUT2D eigenvalue weighted by Gasteiger charge is 2.21. The number of carbonyl (C=O) groups excluding carboxylic acids is 1. The average Bonchev–Trinajstić information content (AvgIpc) is 2.69. The number of H-pyrrole nitrogens is 1. The Morgan fingerprint density at radius 2 is 2.12 bits per heavy atom. The van der Waals surface area contributed by atoms with Crippen molar-refractivity contribution in [2.24, 2.45) is 0 Å². The van der Waals surface area contributed by atoms with Gasteiger partial charge in [-0.05, 0) is 42.7 Å². The van der Waals surface area contributed by atoms with Gasteiger partial charge in [-0.1, -0.05) is 6.58 Å². The number of rotatable bonds is 5. The van der Waals surface area contributed by atoms with Crippen LogP contribution in [0.5, 0.6) is 0 Å². The van der Waals surface area contributed by atoms with Crippen LogP contribution in [0.15, 0.2) is 48.0 Å². The first-order valence-corrected chi connectivity index (χ1v) is 8.65. The highest BCUT2D eigenvalue weighted by atomic mass is 16.2. The molecule has 0 radical (unpaired) electrons. The smallest absolute Gasteiger partial charge is 0.271 e. The number of carbonyl (C=O) groups is 1. The van der Waals surface area contributed by atoms with Crippen molar-refractivity contribution in [1.29, 1.82) is 0 Å². The van der Waals surface area contributed by atoms with Gasteiger partial charge in [0.25, 0.3) is 5.56 Å². The van der Waals surface area contributed by atoms with Crippen molar-refractivity contribution in [2.75, 3.05) is 30.8 Å². The molecule has 7 heteroatoms. The Kier molecular flexibility index (Phi) is 5.36. The minimum absolute atomic E-state index is 0.0404. The molecule has 1 saturated heterocycles. The molecule has 3 rings (SSSR count). The van der Waals surface area contributed by atoms with Crippen molar-refractivity contribution in [3.63, 3.8) is 0 Å². The first-order valence-electron chi connectivity index (χ1n) is 8.65. The van der Waals surface area contributed by atoms with Crippen LogP contribution in [0, 0.1) is 0 Å². The summed E-state index contributed by atoms with van der Waals surface area (Å²) in [5.74, 6) is 0.726. The molecular weight excluding hydrogens is 330 g/mol. The van der Waals surface area contributed by atoms with Crippen LogP contribution in [0.3, 0.4) is 0 Å². The fourth-order valence-electron chi connectivity index (χ4n) is 3.10. The largest absolute Gasteiger partial charge is 0.378 e. The van der Waals surface area contributed by atoms with Gasteiger partial charge in [0.1, 0.15) is 11.5 Å². The zero-order valence-electron chi connectivity index (χ0n) is 14.8. The molecule has 7 nitrogen and oxygen atoms in total. The number of anilines is 2. The SMILES string of the molecule is C=CC(=O)N1CCC(Nc2cc(-c3ccnc(NC)c3)c[nH]c2=O)CC1. The molecule has 1 fully saturated rings. The topological polar surface area (TPSA) is 90.1 Å². The minimum Gasteiger partial charge on any atom is -0.378 e. The van der Waals surface area contributed by atoms with Crippen molar-refractivity contribution in [2.45, 2.75) is 18.9 Å². The third kappa shape index (κ3) is 3.93. The molecule has 1 aliphatic rings. The second kappa shape index (κ2) is 7.86. The predicted octanol–water partition coefficient (Wildman–Crippen LogP) is 2.07. The van der Waals surface area contributed by atoms with Crippen LogP contribution >= 0.6 is 0 Å². The van der Waals surface area contributed by atoms with Gasteiger partial charge in [0.15, 0.2) is 0 Å². The van der Waals surface area contributed by atoms with Crippen molar-refractivity contribution in [3.8, 4) is 11.1 Å². The molecule has 0 saturated carbocycles. The molecular formula is C19H23N5O2. The Morgan fingerprint density at radius 1 is 1.35 bits per heavy atom. The van der Waals surface area contributed by atoms with Crippen molar-refractivity contribution >= 4 is 17.4 Å². The lowest BCUT2D eigenvalue weighted by Gasteiger charge is -2.32. The van der Waals surface area contributed by atoms with Crippen LogP contribution in [0.25, 0.3) is 11.1 Å². The molecule has 0 bridgehead atoms. The summed E-state index contributed by atoms with van der Waals surface area (Å²) in [6.07, 6.45) is 6.36. The third-order valence-corrected chi connectivity index (χ3v) is 4.59. The number of hydrogen-bond acceptors (Lipinski definition) is 5. The summed E-state index contributed by atoms with van der Waals surface area (Å²) in [5, 5.41) is 6.34. The zero-order chi connectivity index (χ0) is 18.5. The van der Waals surface area contributed by atoms with Crippen LogP contribution < -0.4 is 16.2 Å². The molecule has 0 spiro atoms. The Morgan fingerprint density at radius 3 is 2.81 bits per heavy atom. The molecule has 0 atom stereocenters. The van der Waals surface area contributed by atoms with E-state index in [1.165, 1.54) is 6.08 Å². The highest BCUT2D eigenvalue weighted by molar-refractivity contribution is 5.87. The van der Waals surface area contributed by atoms with Crippen LogP contribution in [0.4, 0.5) is 11.5 Å². The Hall–Kier alpha value is -3.09. The maximum Gasteiger partial charge on any atom is 0.271 e. The summed E-state index contributed by atoms with van der Waals surface area (Å²) in [5.41, 5.74) is 2.26. The van der Waals surface area contributed by atoms with Crippen LogP contribution in [0.1, 0.15) is 12.8 Å². The fourth-order valence-corrected chi connectivity index (χ4v) is 3.10. The lowest BCUT2D eigenvalue weighted by Crippen LogP contribution is -2.42. The van der Waals surface area contributed by atoms with E-state index in [2.05, 4.69) is 27.2 Å². The molecule has 0 aliphatic carbocycles. The Balaban J connectivity index is 1.74. The van der Waals surface area contributed by atoms with Gasteiger partial charge in [0.2, 0.25) is 5.91 Å². The van der Waals surface area contributed by atoms with E-state index in [-0.39, 0.29) is 17.5 Å². The van der Waals surface area contributed by atoms with Crippen molar-refractivity contribution < 1.29 is 4.79 Å². The van der Waals surface area contributed by atoms with Gasteiger partial charge < -0.3 is 20.5 Å². The molecule has 136 valence electrons. The van der Waals surface area contributed by atoms with E-state index in [0.29, 0.717) is 18.8 Å². The quantitative estimate of drug-likeness (QED) is 0.716. The molecule has 0 unspecified atom stereocenters. The van der Waals surface area contributed by atoms with Gasteiger partial charge in [-0.15, -0.1) is 0 Å². The standard InChI is InChI=1S/C19H23N5O2/c1-3-18(25)24-8-5-15(6-9-24)23-16-10-14(12-22-19(16)26)13-4-7-21-17(11-13)20-2/h3-4,7,10-12,15,23H,1,5-6,8-9H2,2H3,(H,20,21)(H,22,26). The Bertz CT molecular complexity index is 853. The lowest BCUT2D eigenvalue weighted by atomic mass is 10.0. The number of nitrogens with zero attached hydrogens (tertiary/aromatic N) is 2. The highest BCUT2D eigenvalue weighted by Crippen LogP contribution is 2.23. The molecule has 0 aromatic carbocycles. The summed E-state index contributed by atoms with van der Waals surface area (Å²) in [7, 11) is 1.81. The lowest BCUT2D eigenvalue weighted by molar-refractivity contribution is -0.126. The summed E-state index contributed by atoms with van der Waals surface area (Å²) in [4.78, 5) is 32.6. The van der Waals surface area contributed by atoms with E-state index in [9.17, 15) is 9.59 Å². The van der Waals surface area contributed by atoms with E-state index >= 15 is 0 Å². The van der Waals surface area contributed by atoms with Gasteiger partial charge >= 0.3 is 0 Å². The second-order valence-corrected chi connectivity index (χ2v) is 6.26. The maximum absolute atomic E-state index is 12.2. The molecule has 26 heavy (non-hydrogen) atoms. The van der Waals surface area contributed by atoms with Gasteiger partial charge in [0.05, 0.1) is 0 Å².